The van der Waals surface area contributed by atoms with Crippen LogP contribution < -0.4 is 11.1 Å². The van der Waals surface area contributed by atoms with Gasteiger partial charge in [-0.15, -0.1) is 0 Å². The Morgan fingerprint density at radius 3 is 1.08 bits per heavy atom. The summed E-state index contributed by atoms with van der Waals surface area (Å²) in [5, 5.41) is 13.0. The molecule has 2 aromatic heterocycles. The number of nitrogens with two attached hydrogens (primary N) is 1. The molecule has 632 valence electrons. The third kappa shape index (κ3) is 16.3. The van der Waals surface area contributed by atoms with Crippen LogP contribution in [-0.4, -0.2) is 136 Å². The molecule has 22 heteroatoms. The van der Waals surface area contributed by atoms with Crippen LogP contribution in [0.4, 0.5) is 11.4 Å². The van der Waals surface area contributed by atoms with Crippen molar-refractivity contribution < 1.29 is 61.5 Å². The zero-order chi connectivity index (χ0) is 84.6. The second-order valence-electron chi connectivity index (χ2n) is 34.8. The molecule has 0 radical (unpaired) electrons. The third-order valence-electron chi connectivity index (χ3n) is 27.3. The fourth-order valence-electron chi connectivity index (χ4n) is 20.4. The maximum atomic E-state index is 13.4. The second-order valence-corrected chi connectivity index (χ2v) is 34.8. The van der Waals surface area contributed by atoms with E-state index in [0.717, 1.165) is 103 Å². The number of amides is 6. The summed E-state index contributed by atoms with van der Waals surface area (Å²) in [5.41, 5.74) is 23.6. The Balaban J connectivity index is 0.000000105. The maximum absolute atomic E-state index is 13.4. The number of aryl methyl sites for hydroxylation is 1. The van der Waals surface area contributed by atoms with Crippen LogP contribution in [0.25, 0.3) is 10.8 Å². The number of carbonyl (C=O) groups is 6. The smallest absolute Gasteiger partial charge is 0.276 e. The van der Waals surface area contributed by atoms with Crippen LogP contribution in [0, 0.1) is 6.92 Å². The fraction of sp³-hybridized carbons (Fsp3) is 0.366. The quantitative estimate of drug-likeness (QED) is 0.141. The predicted octanol–water partition coefficient (Wildman–Crippen LogP) is 16.9. The number of fused-ring (bicyclic) bond motifs is 10. The molecule has 5 spiro atoms. The van der Waals surface area contributed by atoms with Gasteiger partial charge < -0.3 is 68.3 Å². The molecule has 1 aliphatic carbocycles. The van der Waals surface area contributed by atoms with Crippen molar-refractivity contribution in [1.82, 2.24) is 34.8 Å². The average Bonchev–Trinajstić information content (AvgIpc) is 1.57. The number of benzene rings is 9. The van der Waals surface area contributed by atoms with Gasteiger partial charge in [0.05, 0.1) is 67.0 Å². The van der Waals surface area contributed by atoms with Crippen molar-refractivity contribution in [2.75, 3.05) is 76.5 Å². The van der Waals surface area contributed by atoms with Gasteiger partial charge in [-0.1, -0.05) is 182 Å². The summed E-state index contributed by atoms with van der Waals surface area (Å²) in [6.45, 7) is 17.7. The van der Waals surface area contributed by atoms with Crippen molar-refractivity contribution >= 4 is 57.6 Å². The Morgan fingerprint density at radius 1 is 0.390 bits per heavy atom. The third-order valence-corrected chi connectivity index (χ3v) is 27.3. The van der Waals surface area contributed by atoms with E-state index in [9.17, 15) is 28.8 Å². The highest BCUT2D eigenvalue weighted by molar-refractivity contribution is 5.99. The van der Waals surface area contributed by atoms with Crippen molar-refractivity contribution in [3.8, 4) is 0 Å². The molecule has 22 nitrogen and oxygen atoms in total. The van der Waals surface area contributed by atoms with Gasteiger partial charge in [0.1, 0.15) is 11.5 Å². The van der Waals surface area contributed by atoms with Crippen molar-refractivity contribution in [2.45, 2.75) is 171 Å². The van der Waals surface area contributed by atoms with E-state index in [1.807, 2.05) is 45.6 Å². The van der Waals surface area contributed by atoms with Crippen LogP contribution in [-0.2, 0) is 101 Å². The zero-order valence-electron chi connectivity index (χ0n) is 70.3. The van der Waals surface area contributed by atoms with Gasteiger partial charge in [-0.3, -0.25) is 28.8 Å². The van der Waals surface area contributed by atoms with Crippen LogP contribution in [0.15, 0.2) is 227 Å². The summed E-state index contributed by atoms with van der Waals surface area (Å²) in [7, 11) is 0. The summed E-state index contributed by atoms with van der Waals surface area (Å²) in [6.07, 6.45) is 9.25. The Hall–Kier alpha value is -11.9. The second kappa shape index (κ2) is 34.4. The van der Waals surface area contributed by atoms with Gasteiger partial charge in [0.15, 0.2) is 11.4 Å². The monoisotopic (exact) mass is 1650 g/mol. The Bertz CT molecular complexity index is 5750. The first-order chi connectivity index (χ1) is 59.8. The van der Waals surface area contributed by atoms with E-state index < -0.39 is 0 Å². The van der Waals surface area contributed by atoms with Crippen molar-refractivity contribution in [3.05, 3.63) is 319 Å². The standard InChI is InChI=1S/C25H23NO2.C21H22N2O3.C19H22N2O3.C19H20N2O2.C17H18N2O3/c27-24(21-15-18-8-3-6-17-7-4-9-20(21)23(17)18)26-13-11-25(12-14-26)22-10-2-1-5-19(22)16-28-25;1-15(24)22-18-8-6-16(7-9-18)20(25)23-12-10-21(11-13-23)19-5-3-2-4-17(19)14-26-21;1-13(2)17-11-16(20-24-17)18(22)21-9-7-19(8-10-21)15-6-4-3-5-14(15)12-23-19;20-16-7-5-14(6-8-16)18(22)21-11-9-19(10-12-21)17-4-2-1-3-15(17)13-23-19;1-12-10-15(18-22-12)16(20)19-8-6-17(7-9-19)14-5-3-2-4-13(14)11-21-17/h1-10,21H,11-16H2;2-9H,10-14H2,1H3,(H,22,24);3-6,11,13H,7-10,12H2,1-2H3;1-8H,9-13,20H2;2-5,10H,6-9,11H2,1H3. The first-order valence-electron chi connectivity index (χ1n) is 43.5. The average molecular weight is 1650 g/mol. The Labute approximate surface area is 716 Å². The van der Waals surface area contributed by atoms with E-state index in [1.54, 1.807) is 67.6 Å². The molecule has 123 heavy (non-hydrogen) atoms. The lowest BCUT2D eigenvalue weighted by Crippen LogP contribution is -2.46. The minimum absolute atomic E-state index is 0.0282. The number of likely N-dealkylation sites (tertiary alicyclic amines) is 5. The lowest BCUT2D eigenvalue weighted by molar-refractivity contribution is -0.140. The van der Waals surface area contributed by atoms with Crippen LogP contribution in [0.2, 0.25) is 0 Å². The summed E-state index contributed by atoms with van der Waals surface area (Å²) < 4.78 is 41.1. The number of piperidine rings is 5. The molecule has 11 aromatic rings. The predicted molar refractivity (Wildman–Crippen MR) is 465 cm³/mol. The molecule has 12 heterocycles. The summed E-state index contributed by atoms with van der Waals surface area (Å²) in [5.74, 6) is 1.76. The molecule has 0 saturated carbocycles. The summed E-state index contributed by atoms with van der Waals surface area (Å²) in [6, 6.07) is 72.6. The molecule has 10 aliphatic heterocycles. The number of anilines is 2. The van der Waals surface area contributed by atoms with E-state index in [-0.39, 0.29) is 75.3 Å². The molecule has 11 aliphatic rings. The molecule has 22 rings (SSSR count). The molecule has 3 N–H and O–H groups in total. The van der Waals surface area contributed by atoms with Crippen molar-refractivity contribution in [3.63, 3.8) is 0 Å². The van der Waals surface area contributed by atoms with Crippen LogP contribution in [0.5, 0.6) is 0 Å². The van der Waals surface area contributed by atoms with Gasteiger partial charge in [-0.2, -0.15) is 0 Å². The van der Waals surface area contributed by atoms with Crippen LogP contribution in [0.1, 0.15) is 217 Å². The Kier molecular flexibility index (Phi) is 23.0. The lowest BCUT2D eigenvalue weighted by atomic mass is 9.83. The molecule has 5 fully saturated rings. The van der Waals surface area contributed by atoms with Gasteiger partial charge in [0.25, 0.3) is 23.6 Å². The van der Waals surface area contributed by atoms with Crippen LogP contribution in [0.3, 0.4) is 0 Å². The first-order valence-corrected chi connectivity index (χ1v) is 43.5. The maximum Gasteiger partial charge on any atom is 0.276 e. The van der Waals surface area contributed by atoms with Gasteiger partial charge in [0.2, 0.25) is 11.8 Å². The molecule has 0 bridgehead atoms. The summed E-state index contributed by atoms with van der Waals surface area (Å²) >= 11 is 0. The van der Waals surface area contributed by atoms with Gasteiger partial charge in [-0.25, -0.2) is 0 Å². The van der Waals surface area contributed by atoms with E-state index in [0.29, 0.717) is 112 Å². The zero-order valence-corrected chi connectivity index (χ0v) is 70.3. The fourth-order valence-corrected chi connectivity index (χ4v) is 20.4. The highest BCUT2D eigenvalue weighted by atomic mass is 16.5. The van der Waals surface area contributed by atoms with Crippen molar-refractivity contribution in [1.29, 1.82) is 0 Å². The molecule has 1 unspecified atom stereocenters. The molecule has 6 amide bonds. The number of aromatic nitrogens is 2. The number of hydrogen-bond acceptors (Lipinski definition) is 16. The van der Waals surface area contributed by atoms with Gasteiger partial charge in [-0.05, 0) is 204 Å². The number of nitrogens with zero attached hydrogens (tertiary/aromatic N) is 7. The number of ether oxygens (including phenoxy) is 5. The van der Waals surface area contributed by atoms with Gasteiger partial charge in [0, 0.05) is 113 Å². The number of carbonyl (C=O) groups excluding carboxylic acids is 6. The Morgan fingerprint density at radius 2 is 0.724 bits per heavy atom. The van der Waals surface area contributed by atoms with E-state index in [4.69, 9.17) is 38.5 Å². The molecule has 1 atom stereocenters. The lowest BCUT2D eigenvalue weighted by Gasteiger charge is -2.40. The van der Waals surface area contributed by atoms with E-state index in [1.165, 1.54) is 84.5 Å². The van der Waals surface area contributed by atoms with E-state index in [2.05, 4.69) is 166 Å². The number of hydrogen-bond donors (Lipinski definition) is 2. The number of rotatable bonds is 7. The highest BCUT2D eigenvalue weighted by Gasteiger charge is 2.49. The molecular formula is C101H105N9O13. The SMILES string of the molecule is CC(=O)Nc1ccc(C(=O)N2CCC3(CC2)OCc2ccccc23)cc1.CC(C)c1cc(C(=O)N2CCC3(CC2)OCc2ccccc23)no1.Cc1cc(C(=O)N2CCC3(CC2)OCc2ccccc23)no1.Nc1ccc(C(=O)N2CCC3(CC2)OCc2ccccc23)cc1.O=C(C1Cc2cccc3cccc1c23)N1CCC2(CC1)OCc1ccccc12. The minimum Gasteiger partial charge on any atom is -0.399 e. The molecule has 5 saturated heterocycles. The van der Waals surface area contributed by atoms with Gasteiger partial charge >= 0.3 is 0 Å². The summed E-state index contributed by atoms with van der Waals surface area (Å²) in [4.78, 5) is 84.6. The molecule has 9 aromatic carbocycles. The minimum atomic E-state index is -0.233. The topological polar surface area (TPSA) is 255 Å². The normalized spacial score (nSPS) is 19.5. The van der Waals surface area contributed by atoms with Crippen molar-refractivity contribution in [2.24, 2.45) is 0 Å². The number of nitrogens with one attached hydrogen (secondary N) is 1. The largest absolute Gasteiger partial charge is 0.399 e. The van der Waals surface area contributed by atoms with E-state index >= 15 is 0 Å². The number of nitrogen functional groups attached to an aromatic ring is 1. The molecular weight excluding hydrogens is 1550 g/mol. The highest BCUT2D eigenvalue weighted by Crippen LogP contribution is 2.50. The first kappa shape index (κ1) is 82.1. The van der Waals surface area contributed by atoms with Crippen LogP contribution >= 0.6 is 0 Å².